The molecule has 0 N–H and O–H groups in total. The monoisotopic (exact) mass is 138 g/mol. The van der Waals surface area contributed by atoms with Crippen molar-refractivity contribution in [3.8, 4) is 0 Å². The van der Waals surface area contributed by atoms with E-state index < -0.39 is 0 Å². The third-order valence-corrected chi connectivity index (χ3v) is 3.28. The van der Waals surface area contributed by atoms with E-state index in [0.29, 0.717) is 0 Å². The van der Waals surface area contributed by atoms with Crippen LogP contribution in [0.5, 0.6) is 0 Å². The fourth-order valence-electron chi connectivity index (χ4n) is 2.79. The molecule has 0 aromatic carbocycles. The lowest BCUT2D eigenvalue weighted by Crippen LogP contribution is -2.10. The molecule has 0 aromatic heterocycles. The van der Waals surface area contributed by atoms with Crippen LogP contribution in [0.15, 0.2) is 0 Å². The lowest BCUT2D eigenvalue weighted by Gasteiger charge is -2.18. The normalized spacial score (nSPS) is 44.2. The summed E-state index contributed by atoms with van der Waals surface area (Å²) in [5.74, 6) is 2.70. The van der Waals surface area contributed by atoms with Crippen LogP contribution in [0.1, 0.15) is 32.1 Å². The number of carbonyl (C=O) groups excluding carboxylic acids is 1. The fourth-order valence-corrected chi connectivity index (χ4v) is 2.79. The average Bonchev–Trinajstić information content (AvgIpc) is 2.48. The molecule has 0 aromatic rings. The predicted molar refractivity (Wildman–Crippen MR) is 39.6 cm³/mol. The molecule has 2 rings (SSSR count). The Hall–Kier alpha value is -0.330. The molecule has 0 aliphatic heterocycles. The van der Waals surface area contributed by atoms with Crippen LogP contribution in [0.3, 0.4) is 0 Å². The Balaban J connectivity index is 1.95. The molecule has 2 aliphatic carbocycles. The van der Waals surface area contributed by atoms with E-state index in [1.54, 1.807) is 0 Å². The maximum atomic E-state index is 10.2. The Kier molecular flexibility index (Phi) is 1.51. The highest BCUT2D eigenvalue weighted by Crippen LogP contribution is 2.49. The van der Waals surface area contributed by atoms with Crippen molar-refractivity contribution in [2.75, 3.05) is 0 Å². The van der Waals surface area contributed by atoms with E-state index in [9.17, 15) is 4.79 Å². The van der Waals surface area contributed by atoms with E-state index in [1.807, 2.05) is 0 Å². The number of aldehydes is 1. The summed E-state index contributed by atoms with van der Waals surface area (Å²) in [6.07, 6.45) is 7.57. The van der Waals surface area contributed by atoms with Gasteiger partial charge in [0.15, 0.2) is 0 Å². The molecule has 2 aliphatic rings. The molecule has 0 spiro atoms. The topological polar surface area (TPSA) is 17.1 Å². The van der Waals surface area contributed by atoms with Gasteiger partial charge in [0, 0.05) is 6.42 Å². The van der Waals surface area contributed by atoms with Crippen molar-refractivity contribution < 1.29 is 4.79 Å². The van der Waals surface area contributed by atoms with E-state index in [-0.39, 0.29) is 0 Å². The molecule has 1 heteroatoms. The van der Waals surface area contributed by atoms with Crippen molar-refractivity contribution in [3.05, 3.63) is 0 Å². The molecular formula is C9H14O. The first-order chi connectivity index (χ1) is 4.90. The summed E-state index contributed by atoms with van der Waals surface area (Å²) in [5, 5.41) is 0. The van der Waals surface area contributed by atoms with Crippen molar-refractivity contribution in [2.45, 2.75) is 32.1 Å². The second kappa shape index (κ2) is 2.37. The lowest BCUT2D eigenvalue weighted by molar-refractivity contribution is -0.108. The fraction of sp³-hybridized carbons (Fsp3) is 0.889. The number of hydrogen-bond acceptors (Lipinski definition) is 1. The van der Waals surface area contributed by atoms with Gasteiger partial charge in [-0.05, 0) is 37.0 Å². The van der Waals surface area contributed by atoms with Gasteiger partial charge >= 0.3 is 0 Å². The molecule has 0 amide bonds. The molecule has 0 heterocycles. The Bertz CT molecular complexity index is 142. The summed E-state index contributed by atoms with van der Waals surface area (Å²) in [7, 11) is 0. The third kappa shape index (κ3) is 0.882. The summed E-state index contributed by atoms with van der Waals surface area (Å²) in [6, 6.07) is 0. The first kappa shape index (κ1) is 6.38. The van der Waals surface area contributed by atoms with Crippen molar-refractivity contribution in [1.29, 1.82) is 0 Å². The minimum Gasteiger partial charge on any atom is -0.303 e. The highest BCUT2D eigenvalue weighted by Gasteiger charge is 2.38. The highest BCUT2D eigenvalue weighted by atomic mass is 16.1. The van der Waals surface area contributed by atoms with Crippen LogP contribution in [-0.2, 0) is 4.79 Å². The van der Waals surface area contributed by atoms with Gasteiger partial charge < -0.3 is 4.79 Å². The number of rotatable bonds is 2. The number of fused-ring (bicyclic) bond motifs is 2. The van der Waals surface area contributed by atoms with E-state index in [1.165, 1.54) is 25.7 Å². The summed E-state index contributed by atoms with van der Waals surface area (Å²) < 4.78 is 0. The standard InChI is InChI=1S/C9H14O/c10-4-3-9-6-7-1-2-8(9)5-7/h4,7-9H,1-3,5-6H2/t7-,8?,9?/m1/s1. The zero-order chi connectivity index (χ0) is 6.97. The van der Waals surface area contributed by atoms with Crippen LogP contribution >= 0.6 is 0 Å². The molecule has 56 valence electrons. The van der Waals surface area contributed by atoms with Gasteiger partial charge in [-0.1, -0.05) is 6.42 Å². The van der Waals surface area contributed by atoms with E-state index in [2.05, 4.69) is 0 Å². The number of hydrogen-bond donors (Lipinski definition) is 0. The zero-order valence-corrected chi connectivity index (χ0v) is 6.25. The molecule has 2 bridgehead atoms. The maximum absolute atomic E-state index is 10.2. The molecule has 2 unspecified atom stereocenters. The molecule has 2 saturated carbocycles. The van der Waals surface area contributed by atoms with Gasteiger partial charge in [0.25, 0.3) is 0 Å². The van der Waals surface area contributed by atoms with Gasteiger partial charge in [0.1, 0.15) is 6.29 Å². The Morgan fingerprint density at radius 3 is 2.70 bits per heavy atom. The van der Waals surface area contributed by atoms with Crippen LogP contribution in [0.25, 0.3) is 0 Å². The summed E-state index contributed by atoms with van der Waals surface area (Å²) in [5.41, 5.74) is 0. The number of carbonyl (C=O) groups is 1. The van der Waals surface area contributed by atoms with Gasteiger partial charge in [-0.25, -0.2) is 0 Å². The molecule has 10 heavy (non-hydrogen) atoms. The SMILES string of the molecule is O=CCC1C[C@@H]2CCC1C2. The summed E-state index contributed by atoms with van der Waals surface area (Å²) in [4.78, 5) is 10.2. The minimum absolute atomic E-state index is 0.774. The summed E-state index contributed by atoms with van der Waals surface area (Å²) in [6.45, 7) is 0. The zero-order valence-electron chi connectivity index (χ0n) is 6.25. The average molecular weight is 138 g/mol. The molecule has 2 fully saturated rings. The third-order valence-electron chi connectivity index (χ3n) is 3.28. The van der Waals surface area contributed by atoms with E-state index in [4.69, 9.17) is 0 Å². The minimum atomic E-state index is 0.774. The van der Waals surface area contributed by atoms with Crippen LogP contribution < -0.4 is 0 Å². The van der Waals surface area contributed by atoms with Gasteiger partial charge in [-0.2, -0.15) is 0 Å². The second-order valence-electron chi connectivity index (χ2n) is 3.84. The van der Waals surface area contributed by atoms with Gasteiger partial charge in [0.05, 0.1) is 0 Å². The van der Waals surface area contributed by atoms with Crippen molar-refractivity contribution in [2.24, 2.45) is 17.8 Å². The Morgan fingerprint density at radius 1 is 1.30 bits per heavy atom. The van der Waals surface area contributed by atoms with Crippen LogP contribution in [-0.4, -0.2) is 6.29 Å². The van der Waals surface area contributed by atoms with E-state index in [0.717, 1.165) is 30.5 Å². The van der Waals surface area contributed by atoms with Crippen molar-refractivity contribution in [1.82, 2.24) is 0 Å². The van der Waals surface area contributed by atoms with Crippen molar-refractivity contribution in [3.63, 3.8) is 0 Å². The quantitative estimate of drug-likeness (QED) is 0.533. The van der Waals surface area contributed by atoms with Gasteiger partial charge in [0.2, 0.25) is 0 Å². The second-order valence-corrected chi connectivity index (χ2v) is 3.84. The van der Waals surface area contributed by atoms with Crippen LogP contribution in [0.4, 0.5) is 0 Å². The van der Waals surface area contributed by atoms with Gasteiger partial charge in [-0.15, -0.1) is 0 Å². The van der Waals surface area contributed by atoms with Crippen molar-refractivity contribution >= 4 is 6.29 Å². The summed E-state index contributed by atoms with van der Waals surface area (Å²) >= 11 is 0. The first-order valence-corrected chi connectivity index (χ1v) is 4.34. The molecule has 0 saturated heterocycles. The molecular weight excluding hydrogens is 124 g/mol. The molecule has 1 nitrogen and oxygen atoms in total. The highest BCUT2D eigenvalue weighted by molar-refractivity contribution is 5.50. The maximum Gasteiger partial charge on any atom is 0.120 e. The smallest absolute Gasteiger partial charge is 0.120 e. The van der Waals surface area contributed by atoms with Crippen LogP contribution in [0, 0.1) is 17.8 Å². The van der Waals surface area contributed by atoms with Crippen LogP contribution in [0.2, 0.25) is 0 Å². The van der Waals surface area contributed by atoms with E-state index >= 15 is 0 Å². The van der Waals surface area contributed by atoms with Gasteiger partial charge in [-0.3, -0.25) is 0 Å². The predicted octanol–water partition coefficient (Wildman–Crippen LogP) is 2.01. The first-order valence-electron chi connectivity index (χ1n) is 4.34. The Morgan fingerprint density at radius 2 is 2.20 bits per heavy atom. The molecule has 3 atom stereocenters. The molecule has 0 radical (unpaired) electrons. The lowest BCUT2D eigenvalue weighted by atomic mass is 9.87. The Labute approximate surface area is 61.8 Å². The largest absolute Gasteiger partial charge is 0.303 e.